The second kappa shape index (κ2) is 7.24. The lowest BCUT2D eigenvalue weighted by atomic mass is 9.92. The molecule has 4 unspecified atom stereocenters. The lowest BCUT2D eigenvalue weighted by molar-refractivity contribution is -0.0165. The Kier molecular flexibility index (Phi) is 5.88. The van der Waals surface area contributed by atoms with Crippen molar-refractivity contribution in [1.82, 2.24) is 10.2 Å². The molecule has 1 saturated carbocycles. The number of ether oxygens (including phenoxy) is 1. The fourth-order valence-electron chi connectivity index (χ4n) is 4.15. The van der Waals surface area contributed by atoms with E-state index in [-0.39, 0.29) is 0 Å². The van der Waals surface area contributed by atoms with Gasteiger partial charge in [0.25, 0.3) is 0 Å². The molecule has 1 saturated heterocycles. The van der Waals surface area contributed by atoms with Gasteiger partial charge in [-0.2, -0.15) is 0 Å². The van der Waals surface area contributed by atoms with Gasteiger partial charge in [0.2, 0.25) is 0 Å². The third-order valence-electron chi connectivity index (χ3n) is 5.14. The predicted octanol–water partition coefficient (Wildman–Crippen LogP) is 2.90. The highest BCUT2D eigenvalue weighted by atomic mass is 16.5. The number of hydrogen-bond acceptors (Lipinski definition) is 3. The Labute approximate surface area is 125 Å². The van der Waals surface area contributed by atoms with Gasteiger partial charge in [0.05, 0.1) is 6.10 Å². The summed E-state index contributed by atoms with van der Waals surface area (Å²) >= 11 is 0. The maximum Gasteiger partial charge on any atom is 0.0726 e. The van der Waals surface area contributed by atoms with Crippen molar-refractivity contribution in [3.63, 3.8) is 0 Å². The molecule has 0 aromatic rings. The summed E-state index contributed by atoms with van der Waals surface area (Å²) in [5.74, 6) is 1.48. The lowest BCUT2D eigenvalue weighted by Crippen LogP contribution is -2.62. The van der Waals surface area contributed by atoms with E-state index < -0.39 is 0 Å². The molecule has 20 heavy (non-hydrogen) atoms. The van der Waals surface area contributed by atoms with Crippen LogP contribution in [0.15, 0.2) is 0 Å². The van der Waals surface area contributed by atoms with Crippen LogP contribution in [0.3, 0.4) is 0 Å². The van der Waals surface area contributed by atoms with E-state index in [2.05, 4.69) is 37.9 Å². The predicted molar refractivity (Wildman–Crippen MR) is 85.0 cm³/mol. The number of nitrogens with one attached hydrogen (secondary N) is 1. The highest BCUT2D eigenvalue weighted by Crippen LogP contribution is 2.31. The zero-order chi connectivity index (χ0) is 14.7. The van der Waals surface area contributed by atoms with E-state index in [9.17, 15) is 0 Å². The van der Waals surface area contributed by atoms with E-state index in [1.54, 1.807) is 0 Å². The Hall–Kier alpha value is -0.120. The summed E-state index contributed by atoms with van der Waals surface area (Å²) < 4.78 is 5.76. The number of piperazine rings is 1. The molecular weight excluding hydrogens is 248 g/mol. The van der Waals surface area contributed by atoms with Gasteiger partial charge in [0, 0.05) is 38.3 Å². The van der Waals surface area contributed by atoms with Gasteiger partial charge in [-0.3, -0.25) is 4.90 Å². The molecule has 1 aliphatic carbocycles. The van der Waals surface area contributed by atoms with E-state index in [4.69, 9.17) is 4.74 Å². The van der Waals surface area contributed by atoms with Crippen molar-refractivity contribution in [2.45, 2.75) is 77.6 Å². The van der Waals surface area contributed by atoms with Crippen molar-refractivity contribution >= 4 is 0 Å². The van der Waals surface area contributed by atoms with Crippen molar-refractivity contribution in [3.8, 4) is 0 Å². The molecule has 1 heterocycles. The Morgan fingerprint density at radius 3 is 2.55 bits per heavy atom. The van der Waals surface area contributed by atoms with E-state index in [1.807, 2.05) is 7.11 Å². The van der Waals surface area contributed by atoms with Crippen LogP contribution in [-0.2, 0) is 4.74 Å². The van der Waals surface area contributed by atoms with E-state index in [0.29, 0.717) is 30.1 Å². The van der Waals surface area contributed by atoms with E-state index in [0.717, 1.165) is 12.5 Å². The molecule has 2 rings (SSSR count). The third-order valence-corrected chi connectivity index (χ3v) is 5.14. The molecule has 0 aromatic carbocycles. The fourth-order valence-corrected chi connectivity index (χ4v) is 4.15. The van der Waals surface area contributed by atoms with Gasteiger partial charge in [-0.1, -0.05) is 27.7 Å². The highest BCUT2D eigenvalue weighted by Gasteiger charge is 2.39. The first-order chi connectivity index (χ1) is 9.52. The minimum absolute atomic E-state index is 0.453. The monoisotopic (exact) mass is 282 g/mol. The highest BCUT2D eigenvalue weighted by molar-refractivity contribution is 4.96. The number of rotatable bonds is 5. The van der Waals surface area contributed by atoms with Crippen LogP contribution in [0, 0.1) is 11.8 Å². The topological polar surface area (TPSA) is 24.5 Å². The molecule has 0 spiro atoms. The molecule has 1 aliphatic heterocycles. The second-order valence-electron chi connectivity index (χ2n) is 7.52. The summed E-state index contributed by atoms with van der Waals surface area (Å²) in [6.07, 6.45) is 5.62. The summed E-state index contributed by atoms with van der Waals surface area (Å²) in [4.78, 5) is 2.79. The van der Waals surface area contributed by atoms with Crippen molar-refractivity contribution in [2.24, 2.45) is 11.8 Å². The van der Waals surface area contributed by atoms with Gasteiger partial charge < -0.3 is 10.1 Å². The molecule has 0 amide bonds. The van der Waals surface area contributed by atoms with Crippen molar-refractivity contribution in [2.75, 3.05) is 20.2 Å². The summed E-state index contributed by atoms with van der Waals surface area (Å²) in [6.45, 7) is 11.7. The van der Waals surface area contributed by atoms with Gasteiger partial charge in [-0.15, -0.1) is 0 Å². The summed E-state index contributed by atoms with van der Waals surface area (Å²) in [6, 6.07) is 1.96. The smallest absolute Gasteiger partial charge is 0.0726 e. The van der Waals surface area contributed by atoms with Gasteiger partial charge in [0.15, 0.2) is 0 Å². The maximum absolute atomic E-state index is 5.76. The molecule has 0 bridgehead atoms. The third kappa shape index (κ3) is 3.75. The van der Waals surface area contributed by atoms with Gasteiger partial charge >= 0.3 is 0 Å². The van der Waals surface area contributed by atoms with Crippen LogP contribution in [0.5, 0.6) is 0 Å². The molecule has 2 fully saturated rings. The van der Waals surface area contributed by atoms with Crippen molar-refractivity contribution in [1.29, 1.82) is 0 Å². The Balaban J connectivity index is 2.06. The lowest BCUT2D eigenvalue weighted by Gasteiger charge is -2.47. The number of nitrogens with zero attached hydrogens (tertiary/aromatic N) is 1. The summed E-state index contributed by atoms with van der Waals surface area (Å²) in [7, 11) is 1.89. The maximum atomic E-state index is 5.76. The normalized spacial score (nSPS) is 36.1. The molecule has 4 atom stereocenters. The quantitative estimate of drug-likeness (QED) is 0.839. The van der Waals surface area contributed by atoms with Crippen LogP contribution in [-0.4, -0.2) is 49.3 Å². The first-order valence-electron chi connectivity index (χ1n) is 8.54. The molecule has 3 nitrogen and oxygen atoms in total. The minimum atomic E-state index is 0.453. The first-order valence-corrected chi connectivity index (χ1v) is 8.54. The molecule has 118 valence electrons. The van der Waals surface area contributed by atoms with Crippen LogP contribution in [0.2, 0.25) is 0 Å². The Morgan fingerprint density at radius 2 is 1.95 bits per heavy atom. The van der Waals surface area contributed by atoms with Crippen LogP contribution in [0.1, 0.15) is 53.4 Å². The first kappa shape index (κ1) is 16.3. The average molecular weight is 282 g/mol. The molecule has 1 N–H and O–H groups in total. The van der Waals surface area contributed by atoms with Crippen molar-refractivity contribution in [3.05, 3.63) is 0 Å². The zero-order valence-corrected chi connectivity index (χ0v) is 14.1. The summed E-state index contributed by atoms with van der Waals surface area (Å²) in [5.41, 5.74) is 0. The average Bonchev–Trinajstić information content (AvgIpc) is 2.85. The van der Waals surface area contributed by atoms with Gasteiger partial charge in [0.1, 0.15) is 0 Å². The molecule has 0 aromatic heterocycles. The van der Waals surface area contributed by atoms with Crippen LogP contribution < -0.4 is 5.32 Å². The molecule has 0 radical (unpaired) electrons. The largest absolute Gasteiger partial charge is 0.380 e. The summed E-state index contributed by atoms with van der Waals surface area (Å²) in [5, 5.41) is 3.79. The van der Waals surface area contributed by atoms with Crippen LogP contribution in [0.4, 0.5) is 0 Å². The molecule has 2 aliphatic rings. The standard InChI is InChI=1S/C17H34N2O/c1-12(2)9-14-11-19(16(10-18-14)13(3)4)15-7-6-8-17(15)20-5/h12-18H,6-11H2,1-5H3. The fraction of sp³-hybridized carbons (Fsp3) is 1.00. The molecular formula is C17H34N2O. The molecule has 3 heteroatoms. The van der Waals surface area contributed by atoms with E-state index in [1.165, 1.54) is 32.2 Å². The Morgan fingerprint density at radius 1 is 1.20 bits per heavy atom. The number of methoxy groups -OCH3 is 1. The van der Waals surface area contributed by atoms with Crippen LogP contribution >= 0.6 is 0 Å². The zero-order valence-electron chi connectivity index (χ0n) is 14.1. The number of hydrogen-bond donors (Lipinski definition) is 1. The van der Waals surface area contributed by atoms with E-state index >= 15 is 0 Å². The SMILES string of the molecule is COC1CCCC1N1CC(CC(C)C)NCC1C(C)C. The van der Waals surface area contributed by atoms with Crippen molar-refractivity contribution < 1.29 is 4.74 Å². The van der Waals surface area contributed by atoms with Gasteiger partial charge in [-0.05, 0) is 37.5 Å². The minimum Gasteiger partial charge on any atom is -0.380 e. The van der Waals surface area contributed by atoms with Gasteiger partial charge in [-0.25, -0.2) is 0 Å². The second-order valence-corrected chi connectivity index (χ2v) is 7.52. The Bertz CT molecular complexity index is 293. The van der Waals surface area contributed by atoms with Crippen LogP contribution in [0.25, 0.3) is 0 Å².